The summed E-state index contributed by atoms with van der Waals surface area (Å²) in [6.45, 7) is 2.29. The van der Waals surface area contributed by atoms with Crippen molar-refractivity contribution >= 4 is 0 Å². The van der Waals surface area contributed by atoms with Crippen molar-refractivity contribution in [3.8, 4) is 6.07 Å². The van der Waals surface area contributed by atoms with Crippen molar-refractivity contribution in [3.05, 3.63) is 35.1 Å². The molecule has 3 aliphatic rings. The lowest BCUT2D eigenvalue weighted by atomic mass is 9.51. The fourth-order valence-electron chi connectivity index (χ4n) is 5.23. The lowest BCUT2D eigenvalue weighted by Crippen LogP contribution is -2.41. The number of rotatable bonds is 8. The summed E-state index contributed by atoms with van der Waals surface area (Å²) in [7, 11) is 0. The van der Waals surface area contributed by atoms with Crippen LogP contribution in [0.5, 0.6) is 0 Å². The minimum absolute atomic E-state index is 0.158. The molecule has 3 fully saturated rings. The van der Waals surface area contributed by atoms with Crippen LogP contribution in [-0.4, -0.2) is 0 Å². The summed E-state index contributed by atoms with van der Waals surface area (Å²) >= 11 is 0. The van der Waals surface area contributed by atoms with Gasteiger partial charge in [-0.1, -0.05) is 38.7 Å². The van der Waals surface area contributed by atoms with Crippen LogP contribution < -0.4 is 0 Å². The van der Waals surface area contributed by atoms with Crippen molar-refractivity contribution in [1.82, 2.24) is 0 Å². The van der Waals surface area contributed by atoms with Gasteiger partial charge in [0.05, 0.1) is 5.56 Å². The van der Waals surface area contributed by atoms with Crippen molar-refractivity contribution in [2.75, 3.05) is 0 Å². The average molecular weight is 342 g/mol. The summed E-state index contributed by atoms with van der Waals surface area (Å²) in [5.41, 5.74) is 2.38. The average Bonchev–Trinajstić information content (AvgIpc) is 2.65. The highest BCUT2D eigenvalue weighted by Gasteiger charge is 2.47. The molecule has 0 amide bonds. The van der Waals surface area contributed by atoms with Gasteiger partial charge in [0, 0.05) is 0 Å². The molecular formula is C23H32FN. The van der Waals surface area contributed by atoms with E-state index in [2.05, 4.69) is 6.92 Å². The Morgan fingerprint density at radius 2 is 1.60 bits per heavy atom. The molecule has 0 N–H and O–H groups in total. The smallest absolute Gasteiger partial charge is 0.141 e. The molecule has 0 unspecified atom stereocenters. The molecule has 0 aromatic heterocycles. The van der Waals surface area contributed by atoms with Crippen LogP contribution >= 0.6 is 0 Å². The Kier molecular flexibility index (Phi) is 5.82. The van der Waals surface area contributed by atoms with Gasteiger partial charge in [0.25, 0.3) is 0 Å². The number of aryl methyl sites for hydroxylation is 1. The largest absolute Gasteiger partial charge is 0.206 e. The van der Waals surface area contributed by atoms with Crippen LogP contribution in [0.3, 0.4) is 0 Å². The Labute approximate surface area is 152 Å². The first-order valence-electron chi connectivity index (χ1n) is 10.3. The SMILES string of the molecule is CCCCCCC12CCC(CCc3ccc(C#N)c(F)c3)(CC1)CC2. The van der Waals surface area contributed by atoms with Crippen LogP contribution in [0.15, 0.2) is 18.2 Å². The van der Waals surface area contributed by atoms with E-state index in [-0.39, 0.29) is 11.4 Å². The van der Waals surface area contributed by atoms with E-state index in [1.165, 1.54) is 77.0 Å². The van der Waals surface area contributed by atoms with Gasteiger partial charge in [-0.3, -0.25) is 0 Å². The van der Waals surface area contributed by atoms with Crippen molar-refractivity contribution in [1.29, 1.82) is 5.26 Å². The third kappa shape index (κ3) is 4.25. The molecule has 2 heteroatoms. The molecule has 3 aliphatic carbocycles. The fraction of sp³-hybridized carbons (Fsp3) is 0.696. The minimum atomic E-state index is -0.365. The zero-order chi connectivity index (χ0) is 17.8. The molecule has 0 spiro atoms. The summed E-state index contributed by atoms with van der Waals surface area (Å²) in [5.74, 6) is -0.365. The maximum Gasteiger partial charge on any atom is 0.141 e. The van der Waals surface area contributed by atoms with Crippen LogP contribution in [0.4, 0.5) is 4.39 Å². The second kappa shape index (κ2) is 7.90. The molecule has 0 aliphatic heterocycles. The van der Waals surface area contributed by atoms with Gasteiger partial charge in [0.1, 0.15) is 11.9 Å². The van der Waals surface area contributed by atoms with Gasteiger partial charge in [0.15, 0.2) is 0 Å². The zero-order valence-electron chi connectivity index (χ0n) is 15.7. The predicted molar refractivity (Wildman–Crippen MR) is 101 cm³/mol. The van der Waals surface area contributed by atoms with Crippen molar-refractivity contribution < 1.29 is 4.39 Å². The Hall–Kier alpha value is -1.36. The highest BCUT2D eigenvalue weighted by atomic mass is 19.1. The highest BCUT2D eigenvalue weighted by Crippen LogP contribution is 2.60. The maximum atomic E-state index is 13.8. The van der Waals surface area contributed by atoms with Crippen molar-refractivity contribution in [2.45, 2.75) is 90.4 Å². The van der Waals surface area contributed by atoms with Gasteiger partial charge < -0.3 is 0 Å². The quantitative estimate of drug-likeness (QED) is 0.470. The number of nitriles is 1. The molecule has 0 saturated heterocycles. The summed E-state index contributed by atoms with van der Waals surface area (Å²) in [6.07, 6.45) is 17.5. The van der Waals surface area contributed by atoms with Gasteiger partial charge >= 0.3 is 0 Å². The Morgan fingerprint density at radius 1 is 0.960 bits per heavy atom. The molecule has 25 heavy (non-hydrogen) atoms. The van der Waals surface area contributed by atoms with E-state index in [4.69, 9.17) is 5.26 Å². The van der Waals surface area contributed by atoms with E-state index >= 15 is 0 Å². The topological polar surface area (TPSA) is 23.8 Å². The highest BCUT2D eigenvalue weighted by molar-refractivity contribution is 5.33. The van der Waals surface area contributed by atoms with Gasteiger partial charge in [-0.25, -0.2) is 4.39 Å². The van der Waals surface area contributed by atoms with E-state index in [1.807, 2.05) is 12.1 Å². The van der Waals surface area contributed by atoms with Crippen LogP contribution in [0.2, 0.25) is 0 Å². The number of benzene rings is 1. The molecule has 0 heterocycles. The maximum absolute atomic E-state index is 13.8. The lowest BCUT2D eigenvalue weighted by molar-refractivity contribution is -0.0205. The number of nitrogens with zero attached hydrogens (tertiary/aromatic N) is 1. The number of halogens is 1. The third-order valence-corrected chi connectivity index (χ3v) is 7.22. The normalized spacial score (nSPS) is 28.0. The lowest BCUT2D eigenvalue weighted by Gasteiger charge is -2.54. The van der Waals surface area contributed by atoms with E-state index in [1.54, 1.807) is 12.1 Å². The summed E-state index contributed by atoms with van der Waals surface area (Å²) in [5, 5.41) is 8.85. The van der Waals surface area contributed by atoms with Crippen LogP contribution in [0.1, 0.15) is 95.1 Å². The first kappa shape index (κ1) is 18.4. The van der Waals surface area contributed by atoms with Gasteiger partial charge in [-0.05, 0) is 86.3 Å². The van der Waals surface area contributed by atoms with Crippen molar-refractivity contribution in [3.63, 3.8) is 0 Å². The van der Waals surface area contributed by atoms with E-state index < -0.39 is 0 Å². The molecule has 0 radical (unpaired) electrons. The third-order valence-electron chi connectivity index (χ3n) is 7.22. The number of unbranched alkanes of at least 4 members (excludes halogenated alkanes) is 3. The molecular weight excluding hydrogens is 309 g/mol. The summed E-state index contributed by atoms with van der Waals surface area (Å²) in [4.78, 5) is 0. The molecule has 0 atom stereocenters. The van der Waals surface area contributed by atoms with Gasteiger partial charge in [-0.15, -0.1) is 0 Å². The molecule has 1 aromatic rings. The van der Waals surface area contributed by atoms with E-state index in [0.29, 0.717) is 10.8 Å². The number of hydrogen-bond donors (Lipinski definition) is 0. The molecule has 136 valence electrons. The molecule has 4 rings (SSSR count). The minimum Gasteiger partial charge on any atom is -0.206 e. The second-order valence-corrected chi connectivity index (χ2v) is 8.74. The van der Waals surface area contributed by atoms with Crippen molar-refractivity contribution in [2.24, 2.45) is 10.8 Å². The first-order valence-corrected chi connectivity index (χ1v) is 10.3. The first-order chi connectivity index (χ1) is 12.1. The number of fused-ring (bicyclic) bond motifs is 3. The van der Waals surface area contributed by atoms with E-state index in [0.717, 1.165) is 12.0 Å². The summed E-state index contributed by atoms with van der Waals surface area (Å²) < 4.78 is 13.8. The molecule has 3 saturated carbocycles. The van der Waals surface area contributed by atoms with Gasteiger partial charge in [-0.2, -0.15) is 5.26 Å². The Morgan fingerprint density at radius 3 is 2.16 bits per heavy atom. The van der Waals surface area contributed by atoms with Crippen LogP contribution in [0.25, 0.3) is 0 Å². The van der Waals surface area contributed by atoms with E-state index in [9.17, 15) is 4.39 Å². The summed E-state index contributed by atoms with van der Waals surface area (Å²) in [6, 6.07) is 7.04. The van der Waals surface area contributed by atoms with Gasteiger partial charge in [0.2, 0.25) is 0 Å². The Bertz CT molecular complexity index is 603. The fourth-order valence-corrected chi connectivity index (χ4v) is 5.23. The number of hydrogen-bond acceptors (Lipinski definition) is 1. The standard InChI is InChI=1S/C23H32FN/c1-2-3-4-5-9-22-11-14-23(15-12-22,16-13-22)10-8-19-6-7-20(18-25)21(24)17-19/h6-7,17H,2-5,8-16H2,1H3. The monoisotopic (exact) mass is 341 g/mol. The van der Waals surface area contributed by atoms with Crippen LogP contribution in [-0.2, 0) is 6.42 Å². The Balaban J connectivity index is 1.51. The molecule has 1 nitrogen and oxygen atoms in total. The zero-order valence-corrected chi connectivity index (χ0v) is 15.7. The second-order valence-electron chi connectivity index (χ2n) is 8.74. The molecule has 2 bridgehead atoms. The predicted octanol–water partition coefficient (Wildman–Crippen LogP) is 6.94. The molecule has 1 aromatic carbocycles. The van der Waals surface area contributed by atoms with Crippen LogP contribution in [0, 0.1) is 28.0 Å².